The molecule has 0 aromatic heterocycles. The first-order valence-corrected chi connectivity index (χ1v) is 9.85. The molecule has 1 heterocycles. The van der Waals surface area contributed by atoms with E-state index in [0.29, 0.717) is 25.2 Å². The lowest BCUT2D eigenvalue weighted by Crippen LogP contribution is -2.45. The van der Waals surface area contributed by atoms with Gasteiger partial charge in [0, 0.05) is 32.2 Å². The number of aryl methyl sites for hydroxylation is 1. The zero-order valence-corrected chi connectivity index (χ0v) is 16.5. The summed E-state index contributed by atoms with van der Waals surface area (Å²) in [5.74, 6) is -0.638. The van der Waals surface area contributed by atoms with Gasteiger partial charge in [-0.05, 0) is 54.7 Å². The third-order valence-corrected chi connectivity index (χ3v) is 5.38. The van der Waals surface area contributed by atoms with Crippen molar-refractivity contribution in [2.75, 3.05) is 20.1 Å². The second-order valence-corrected chi connectivity index (χ2v) is 7.46. The maximum absolute atomic E-state index is 13.1. The van der Waals surface area contributed by atoms with Gasteiger partial charge in [0.1, 0.15) is 5.82 Å². The second kappa shape index (κ2) is 9.00. The molecule has 0 spiro atoms. The van der Waals surface area contributed by atoms with Crippen molar-refractivity contribution in [3.8, 4) is 0 Å². The van der Waals surface area contributed by atoms with E-state index in [-0.39, 0.29) is 23.5 Å². The number of hydrogen-bond acceptors (Lipinski definition) is 2. The van der Waals surface area contributed by atoms with Gasteiger partial charge in [-0.3, -0.25) is 9.59 Å². The molecule has 1 saturated heterocycles. The molecule has 1 atom stereocenters. The fourth-order valence-corrected chi connectivity index (χ4v) is 3.68. The molecule has 4 nitrogen and oxygen atoms in total. The van der Waals surface area contributed by atoms with E-state index in [2.05, 4.69) is 31.2 Å². The fraction of sp³-hybridized carbons (Fsp3) is 0.391. The summed E-state index contributed by atoms with van der Waals surface area (Å²) in [5, 5.41) is 0. The molecule has 1 aliphatic heterocycles. The third-order valence-electron chi connectivity index (χ3n) is 5.38. The first kappa shape index (κ1) is 20.1. The van der Waals surface area contributed by atoms with Gasteiger partial charge >= 0.3 is 0 Å². The van der Waals surface area contributed by atoms with E-state index in [4.69, 9.17) is 0 Å². The number of likely N-dealkylation sites (tertiary alicyclic amines) is 1. The average molecular weight is 382 g/mol. The van der Waals surface area contributed by atoms with E-state index in [0.717, 1.165) is 24.8 Å². The molecule has 1 unspecified atom stereocenters. The van der Waals surface area contributed by atoms with E-state index in [9.17, 15) is 14.0 Å². The summed E-state index contributed by atoms with van der Waals surface area (Å²) in [7, 11) is 1.82. The molecule has 3 rings (SSSR count). The second-order valence-electron chi connectivity index (χ2n) is 7.46. The van der Waals surface area contributed by atoms with Crippen LogP contribution in [0, 0.1) is 11.7 Å². The van der Waals surface area contributed by atoms with Gasteiger partial charge in [0.25, 0.3) is 5.91 Å². The molecule has 1 aliphatic rings. The summed E-state index contributed by atoms with van der Waals surface area (Å²) >= 11 is 0. The topological polar surface area (TPSA) is 40.6 Å². The standard InChI is InChI=1S/C23H27FN2O2/c1-3-17-6-8-18(9-7-17)15-25(2)22(27)20-5-4-14-26(16-20)23(28)19-10-12-21(24)13-11-19/h6-13,20H,3-5,14-16H2,1-2H3. The monoisotopic (exact) mass is 382 g/mol. The first-order chi connectivity index (χ1) is 13.5. The van der Waals surface area contributed by atoms with Crippen LogP contribution in [-0.4, -0.2) is 41.8 Å². The zero-order chi connectivity index (χ0) is 20.1. The van der Waals surface area contributed by atoms with Crippen molar-refractivity contribution in [1.29, 1.82) is 0 Å². The van der Waals surface area contributed by atoms with E-state index in [1.165, 1.54) is 29.8 Å². The Balaban J connectivity index is 1.61. The van der Waals surface area contributed by atoms with Crippen molar-refractivity contribution in [3.63, 3.8) is 0 Å². The molecule has 0 N–H and O–H groups in total. The lowest BCUT2D eigenvalue weighted by Gasteiger charge is -2.34. The van der Waals surface area contributed by atoms with Gasteiger partial charge in [-0.25, -0.2) is 4.39 Å². The molecule has 0 bridgehead atoms. The number of halogens is 1. The molecule has 2 aromatic rings. The molecule has 148 valence electrons. The normalized spacial score (nSPS) is 16.7. The van der Waals surface area contributed by atoms with Crippen molar-refractivity contribution in [1.82, 2.24) is 9.80 Å². The molecule has 1 fully saturated rings. The van der Waals surface area contributed by atoms with Crippen LogP contribution in [0.25, 0.3) is 0 Å². The van der Waals surface area contributed by atoms with E-state index < -0.39 is 0 Å². The molecule has 0 saturated carbocycles. The Hall–Kier alpha value is -2.69. The first-order valence-electron chi connectivity index (χ1n) is 9.85. The van der Waals surface area contributed by atoms with Crippen LogP contribution in [-0.2, 0) is 17.8 Å². The Morgan fingerprint density at radius 2 is 1.71 bits per heavy atom. The van der Waals surface area contributed by atoms with Gasteiger partial charge in [0.05, 0.1) is 5.92 Å². The summed E-state index contributed by atoms with van der Waals surface area (Å²) in [6.07, 6.45) is 2.57. The minimum absolute atomic E-state index is 0.0659. The molecule has 28 heavy (non-hydrogen) atoms. The van der Waals surface area contributed by atoms with Crippen LogP contribution in [0.15, 0.2) is 48.5 Å². The van der Waals surface area contributed by atoms with Gasteiger partial charge < -0.3 is 9.80 Å². The largest absolute Gasteiger partial charge is 0.341 e. The summed E-state index contributed by atoms with van der Waals surface area (Å²) < 4.78 is 13.1. The maximum Gasteiger partial charge on any atom is 0.253 e. The molecular formula is C23H27FN2O2. The number of carbonyl (C=O) groups is 2. The number of piperidine rings is 1. The van der Waals surface area contributed by atoms with Crippen LogP contribution >= 0.6 is 0 Å². The number of carbonyl (C=O) groups excluding carboxylic acids is 2. The van der Waals surface area contributed by atoms with Gasteiger partial charge in [-0.2, -0.15) is 0 Å². The van der Waals surface area contributed by atoms with Crippen LogP contribution in [0.2, 0.25) is 0 Å². The van der Waals surface area contributed by atoms with Crippen molar-refractivity contribution < 1.29 is 14.0 Å². The minimum atomic E-state index is -0.364. The molecule has 2 aromatic carbocycles. The average Bonchev–Trinajstić information content (AvgIpc) is 2.74. The number of nitrogens with zero attached hydrogens (tertiary/aromatic N) is 2. The van der Waals surface area contributed by atoms with Crippen molar-refractivity contribution in [2.45, 2.75) is 32.7 Å². The van der Waals surface area contributed by atoms with Gasteiger partial charge in [-0.15, -0.1) is 0 Å². The number of amides is 2. The van der Waals surface area contributed by atoms with Crippen LogP contribution in [0.5, 0.6) is 0 Å². The Labute approximate surface area is 166 Å². The van der Waals surface area contributed by atoms with Gasteiger partial charge in [-0.1, -0.05) is 31.2 Å². The number of hydrogen-bond donors (Lipinski definition) is 0. The maximum atomic E-state index is 13.1. The molecule has 5 heteroatoms. The molecule has 0 radical (unpaired) electrons. The van der Waals surface area contributed by atoms with Crippen LogP contribution in [0.4, 0.5) is 4.39 Å². The summed E-state index contributed by atoms with van der Waals surface area (Å²) in [4.78, 5) is 29.1. The van der Waals surface area contributed by atoms with E-state index >= 15 is 0 Å². The fourth-order valence-electron chi connectivity index (χ4n) is 3.68. The minimum Gasteiger partial charge on any atom is -0.341 e. The van der Waals surface area contributed by atoms with Crippen LogP contribution < -0.4 is 0 Å². The SMILES string of the molecule is CCc1ccc(CN(C)C(=O)C2CCCN(C(=O)c3ccc(F)cc3)C2)cc1. The smallest absolute Gasteiger partial charge is 0.253 e. The quantitative estimate of drug-likeness (QED) is 0.787. The van der Waals surface area contributed by atoms with Crippen molar-refractivity contribution >= 4 is 11.8 Å². The highest BCUT2D eigenvalue weighted by molar-refractivity contribution is 5.94. The van der Waals surface area contributed by atoms with Crippen molar-refractivity contribution in [3.05, 3.63) is 71.0 Å². The Kier molecular flexibility index (Phi) is 6.45. The Morgan fingerprint density at radius 1 is 1.07 bits per heavy atom. The molecule has 0 aliphatic carbocycles. The number of rotatable bonds is 5. The molecule has 2 amide bonds. The zero-order valence-electron chi connectivity index (χ0n) is 16.5. The van der Waals surface area contributed by atoms with Crippen LogP contribution in [0.1, 0.15) is 41.3 Å². The Bertz CT molecular complexity index is 818. The highest BCUT2D eigenvalue weighted by Crippen LogP contribution is 2.21. The third kappa shape index (κ3) is 4.77. The lowest BCUT2D eigenvalue weighted by molar-refractivity contribution is -0.136. The van der Waals surface area contributed by atoms with Crippen molar-refractivity contribution in [2.24, 2.45) is 5.92 Å². The highest BCUT2D eigenvalue weighted by Gasteiger charge is 2.30. The van der Waals surface area contributed by atoms with E-state index in [1.54, 1.807) is 9.80 Å². The van der Waals surface area contributed by atoms with Gasteiger partial charge in [0.15, 0.2) is 0 Å². The molecular weight excluding hydrogens is 355 g/mol. The number of benzene rings is 2. The predicted molar refractivity (Wildman–Crippen MR) is 107 cm³/mol. The van der Waals surface area contributed by atoms with E-state index in [1.807, 2.05) is 7.05 Å². The lowest BCUT2D eigenvalue weighted by atomic mass is 9.95. The van der Waals surface area contributed by atoms with Crippen LogP contribution in [0.3, 0.4) is 0 Å². The predicted octanol–water partition coefficient (Wildman–Crippen LogP) is 3.90. The van der Waals surface area contributed by atoms with Gasteiger partial charge in [0.2, 0.25) is 5.91 Å². The summed E-state index contributed by atoms with van der Waals surface area (Å²) in [5.41, 5.74) is 2.84. The summed E-state index contributed by atoms with van der Waals surface area (Å²) in [6, 6.07) is 13.9. The Morgan fingerprint density at radius 3 is 2.36 bits per heavy atom. The highest BCUT2D eigenvalue weighted by atomic mass is 19.1. The summed E-state index contributed by atoms with van der Waals surface area (Å²) in [6.45, 7) is 3.72.